The molecular weight excluding hydrogens is 372 g/mol. The summed E-state index contributed by atoms with van der Waals surface area (Å²) < 4.78 is 7.18. The van der Waals surface area contributed by atoms with E-state index in [1.807, 2.05) is 47.9 Å². The van der Waals surface area contributed by atoms with E-state index >= 15 is 0 Å². The molecule has 132 valence electrons. The molecule has 3 heterocycles. The third-order valence-electron chi connectivity index (χ3n) is 4.22. The number of imidazole rings is 1. The maximum atomic E-state index is 11.5. The van der Waals surface area contributed by atoms with Crippen molar-refractivity contribution < 1.29 is 9.53 Å². The molecule has 0 aliphatic heterocycles. The lowest BCUT2D eigenvalue weighted by Gasteiger charge is -2.06. The Kier molecular flexibility index (Phi) is 3.97. The number of thiophene rings is 1. The van der Waals surface area contributed by atoms with Crippen LogP contribution in [0.2, 0.25) is 4.34 Å². The minimum Gasteiger partial charge on any atom is -0.453 e. The Bertz CT molecular complexity index is 1170. The minimum absolute atomic E-state index is 0.525. The topological polar surface area (TPSA) is 81.6 Å². The summed E-state index contributed by atoms with van der Waals surface area (Å²) in [4.78, 5) is 17.3. The van der Waals surface area contributed by atoms with Crippen LogP contribution in [0.5, 0.6) is 0 Å². The van der Waals surface area contributed by atoms with Crippen molar-refractivity contribution in [3.05, 3.63) is 45.7 Å². The monoisotopic (exact) mass is 386 g/mol. The van der Waals surface area contributed by atoms with Crippen molar-refractivity contribution in [3.63, 3.8) is 0 Å². The minimum atomic E-state index is -0.525. The Hall–Kier alpha value is -2.77. The molecule has 3 N–H and O–H groups in total. The molecule has 0 fully saturated rings. The fraction of sp³-hybridized carbons (Fsp3) is 0.111. The first-order valence-electron chi connectivity index (χ1n) is 7.79. The van der Waals surface area contributed by atoms with Crippen molar-refractivity contribution in [2.45, 2.75) is 6.92 Å². The third-order valence-corrected chi connectivity index (χ3v) is 5.40. The maximum Gasteiger partial charge on any atom is 0.411 e. The summed E-state index contributed by atoms with van der Waals surface area (Å²) in [5.74, 6) is 0.547. The standard InChI is InChI=1S/C18H15ClN4O2S/c1-9-12(8-14(19)26-9)15-16(20)23-6-5-10-3-4-11(21-18(24)25-2)7-13(10)17(23)22-15/h3-8H,20H2,1-2H3,(H,21,24). The largest absolute Gasteiger partial charge is 0.453 e. The van der Waals surface area contributed by atoms with Crippen LogP contribution < -0.4 is 11.1 Å². The van der Waals surface area contributed by atoms with Crippen LogP contribution in [0.4, 0.5) is 16.3 Å². The SMILES string of the molecule is COC(=O)Nc1ccc2ccn3c(N)c(-c4cc(Cl)sc4C)nc3c2c1. The van der Waals surface area contributed by atoms with Gasteiger partial charge in [-0.1, -0.05) is 17.7 Å². The number of benzene rings is 1. The summed E-state index contributed by atoms with van der Waals surface area (Å²) in [6.07, 6.45) is 1.36. The number of nitrogens with one attached hydrogen (secondary N) is 1. The van der Waals surface area contributed by atoms with E-state index in [-0.39, 0.29) is 0 Å². The molecule has 3 aromatic heterocycles. The average Bonchev–Trinajstić information content (AvgIpc) is 3.13. The van der Waals surface area contributed by atoms with Gasteiger partial charge in [0.25, 0.3) is 0 Å². The molecule has 0 aliphatic rings. The smallest absolute Gasteiger partial charge is 0.411 e. The number of anilines is 2. The fourth-order valence-corrected chi connectivity index (χ4v) is 4.15. The quantitative estimate of drug-likeness (QED) is 0.511. The van der Waals surface area contributed by atoms with Crippen LogP contribution in [0.25, 0.3) is 27.7 Å². The lowest BCUT2D eigenvalue weighted by Crippen LogP contribution is -2.10. The zero-order valence-corrected chi connectivity index (χ0v) is 15.6. The van der Waals surface area contributed by atoms with Gasteiger partial charge < -0.3 is 10.5 Å². The van der Waals surface area contributed by atoms with Gasteiger partial charge in [0.05, 0.1) is 11.4 Å². The highest BCUT2D eigenvalue weighted by molar-refractivity contribution is 7.16. The van der Waals surface area contributed by atoms with E-state index in [0.29, 0.717) is 27.2 Å². The molecule has 1 amide bonds. The molecule has 26 heavy (non-hydrogen) atoms. The number of nitrogen functional groups attached to an aromatic ring is 1. The van der Waals surface area contributed by atoms with E-state index < -0.39 is 6.09 Å². The molecule has 0 atom stereocenters. The molecule has 6 nitrogen and oxygen atoms in total. The van der Waals surface area contributed by atoms with Crippen LogP contribution in [0, 0.1) is 6.92 Å². The Morgan fingerprint density at radius 2 is 2.15 bits per heavy atom. The van der Waals surface area contributed by atoms with E-state index in [2.05, 4.69) is 10.1 Å². The summed E-state index contributed by atoms with van der Waals surface area (Å²) in [5.41, 5.74) is 9.31. The van der Waals surface area contributed by atoms with Gasteiger partial charge in [0.1, 0.15) is 17.2 Å². The van der Waals surface area contributed by atoms with Crippen molar-refractivity contribution in [3.8, 4) is 11.3 Å². The zero-order chi connectivity index (χ0) is 18.4. The Morgan fingerprint density at radius 1 is 1.35 bits per heavy atom. The molecule has 1 aromatic carbocycles. The molecule has 4 rings (SSSR count). The van der Waals surface area contributed by atoms with Crippen LogP contribution >= 0.6 is 22.9 Å². The predicted octanol–water partition coefficient (Wildman–Crippen LogP) is 4.94. The molecule has 0 radical (unpaired) electrons. The number of aryl methyl sites for hydroxylation is 1. The average molecular weight is 387 g/mol. The van der Waals surface area contributed by atoms with Crippen LogP contribution in [0.1, 0.15) is 4.88 Å². The van der Waals surface area contributed by atoms with Crippen LogP contribution in [0.3, 0.4) is 0 Å². The molecule has 0 unspecified atom stereocenters. The number of pyridine rings is 1. The first-order chi connectivity index (χ1) is 12.5. The second-order valence-electron chi connectivity index (χ2n) is 5.79. The fourth-order valence-electron chi connectivity index (χ4n) is 2.96. The second kappa shape index (κ2) is 6.19. The molecule has 0 aliphatic carbocycles. The number of fused-ring (bicyclic) bond motifs is 3. The highest BCUT2D eigenvalue weighted by Crippen LogP contribution is 2.37. The first-order valence-corrected chi connectivity index (χ1v) is 8.99. The number of nitrogens with two attached hydrogens (primary N) is 1. The number of nitrogens with zero attached hydrogens (tertiary/aromatic N) is 2. The highest BCUT2D eigenvalue weighted by Gasteiger charge is 2.17. The summed E-state index contributed by atoms with van der Waals surface area (Å²) in [7, 11) is 1.32. The Morgan fingerprint density at radius 3 is 2.85 bits per heavy atom. The Balaban J connectivity index is 1.94. The zero-order valence-electron chi connectivity index (χ0n) is 14.0. The molecule has 8 heteroatoms. The van der Waals surface area contributed by atoms with Gasteiger partial charge in [-0.2, -0.15) is 0 Å². The number of methoxy groups -OCH3 is 1. The van der Waals surface area contributed by atoms with Crippen molar-refractivity contribution in [2.75, 3.05) is 18.2 Å². The van der Waals surface area contributed by atoms with Gasteiger partial charge in [-0.15, -0.1) is 11.3 Å². The molecule has 0 saturated heterocycles. The number of carbonyl (C=O) groups excluding carboxylic acids is 1. The van der Waals surface area contributed by atoms with Crippen LogP contribution in [0.15, 0.2) is 36.5 Å². The number of hydrogen-bond donors (Lipinski definition) is 2. The van der Waals surface area contributed by atoms with E-state index in [1.165, 1.54) is 18.4 Å². The lowest BCUT2D eigenvalue weighted by atomic mass is 10.1. The van der Waals surface area contributed by atoms with Gasteiger partial charge in [0.2, 0.25) is 0 Å². The molecule has 4 aromatic rings. The van der Waals surface area contributed by atoms with Gasteiger partial charge >= 0.3 is 6.09 Å². The summed E-state index contributed by atoms with van der Waals surface area (Å²) >= 11 is 7.63. The number of aromatic nitrogens is 2. The van der Waals surface area contributed by atoms with Crippen molar-refractivity contribution in [1.29, 1.82) is 0 Å². The van der Waals surface area contributed by atoms with Gasteiger partial charge in [0, 0.05) is 27.7 Å². The van der Waals surface area contributed by atoms with Crippen LogP contribution in [-0.4, -0.2) is 22.6 Å². The van der Waals surface area contributed by atoms with E-state index in [9.17, 15) is 4.79 Å². The van der Waals surface area contributed by atoms with Gasteiger partial charge in [0.15, 0.2) is 0 Å². The van der Waals surface area contributed by atoms with Crippen molar-refractivity contribution in [1.82, 2.24) is 9.38 Å². The van der Waals surface area contributed by atoms with E-state index in [4.69, 9.17) is 22.3 Å². The first kappa shape index (κ1) is 16.7. The number of ether oxygens (including phenoxy) is 1. The summed E-state index contributed by atoms with van der Waals surface area (Å²) in [5, 5.41) is 4.53. The van der Waals surface area contributed by atoms with Crippen LogP contribution in [-0.2, 0) is 4.74 Å². The number of rotatable bonds is 2. The summed E-state index contributed by atoms with van der Waals surface area (Å²) in [6, 6.07) is 9.42. The van der Waals surface area contributed by atoms with Gasteiger partial charge in [-0.05, 0) is 36.6 Å². The van der Waals surface area contributed by atoms with E-state index in [1.54, 1.807) is 0 Å². The number of hydrogen-bond acceptors (Lipinski definition) is 5. The van der Waals surface area contributed by atoms with Crippen molar-refractivity contribution in [2.24, 2.45) is 0 Å². The third kappa shape index (κ3) is 2.65. The molecular formula is C18H15ClN4O2S. The van der Waals surface area contributed by atoms with Crippen molar-refractivity contribution >= 4 is 57.0 Å². The predicted molar refractivity (Wildman–Crippen MR) is 106 cm³/mol. The second-order valence-corrected chi connectivity index (χ2v) is 7.68. The lowest BCUT2D eigenvalue weighted by molar-refractivity contribution is 0.187. The number of carbonyl (C=O) groups is 1. The van der Waals surface area contributed by atoms with E-state index in [0.717, 1.165) is 21.2 Å². The number of halogens is 1. The molecule has 0 saturated carbocycles. The summed E-state index contributed by atoms with van der Waals surface area (Å²) in [6.45, 7) is 1.99. The molecule has 0 spiro atoms. The number of amides is 1. The van der Waals surface area contributed by atoms with Gasteiger partial charge in [-0.25, -0.2) is 9.78 Å². The molecule has 0 bridgehead atoms. The maximum absolute atomic E-state index is 11.5. The highest BCUT2D eigenvalue weighted by atomic mass is 35.5. The normalized spacial score (nSPS) is 11.2. The Labute approximate surface area is 158 Å². The van der Waals surface area contributed by atoms with Gasteiger partial charge in [-0.3, -0.25) is 9.72 Å².